The number of ether oxygens (including phenoxy) is 2. The lowest BCUT2D eigenvalue weighted by Gasteiger charge is -2.18. The van der Waals surface area contributed by atoms with Crippen molar-refractivity contribution in [2.45, 2.75) is 31.8 Å². The predicted octanol–water partition coefficient (Wildman–Crippen LogP) is 2.44. The van der Waals surface area contributed by atoms with Crippen LogP contribution in [0.5, 0.6) is 11.5 Å². The molecule has 6 heteroatoms. The average molecular weight is 299 g/mol. The van der Waals surface area contributed by atoms with Crippen LogP contribution in [0.2, 0.25) is 5.02 Å². The minimum absolute atomic E-state index is 0.0264. The van der Waals surface area contributed by atoms with Gasteiger partial charge in [-0.1, -0.05) is 11.6 Å². The summed E-state index contributed by atoms with van der Waals surface area (Å²) in [4.78, 5) is 11.9. The first-order valence-corrected chi connectivity index (χ1v) is 6.91. The third-order valence-corrected chi connectivity index (χ3v) is 3.46. The number of anilines is 1. The number of nitrogens with one attached hydrogen (secondary N) is 2. The summed E-state index contributed by atoms with van der Waals surface area (Å²) in [7, 11) is 3.10. The van der Waals surface area contributed by atoms with Gasteiger partial charge in [-0.15, -0.1) is 0 Å². The molecule has 1 aliphatic carbocycles. The Balaban J connectivity index is 2.10. The van der Waals surface area contributed by atoms with Crippen LogP contribution in [0.25, 0.3) is 0 Å². The Morgan fingerprint density at radius 3 is 2.50 bits per heavy atom. The van der Waals surface area contributed by atoms with Crippen molar-refractivity contribution >= 4 is 23.2 Å². The lowest BCUT2D eigenvalue weighted by atomic mass is 10.2. The summed E-state index contributed by atoms with van der Waals surface area (Å²) in [5.41, 5.74) is 0.664. The molecule has 20 heavy (non-hydrogen) atoms. The molecule has 0 aromatic heterocycles. The van der Waals surface area contributed by atoms with Gasteiger partial charge in [-0.3, -0.25) is 4.79 Å². The molecule has 1 amide bonds. The molecule has 1 fully saturated rings. The van der Waals surface area contributed by atoms with E-state index in [2.05, 4.69) is 10.6 Å². The number of hydrogen-bond donors (Lipinski definition) is 2. The van der Waals surface area contributed by atoms with Crippen LogP contribution in [-0.2, 0) is 4.79 Å². The monoisotopic (exact) mass is 298 g/mol. The first-order valence-electron chi connectivity index (χ1n) is 6.53. The number of halogens is 1. The van der Waals surface area contributed by atoms with Gasteiger partial charge in [0, 0.05) is 12.1 Å². The maximum Gasteiger partial charge on any atom is 0.242 e. The number of hydrogen-bond acceptors (Lipinski definition) is 4. The van der Waals surface area contributed by atoms with E-state index in [1.165, 1.54) is 0 Å². The van der Waals surface area contributed by atoms with Gasteiger partial charge < -0.3 is 20.1 Å². The first kappa shape index (κ1) is 14.8. The van der Waals surface area contributed by atoms with Crippen molar-refractivity contribution in [1.82, 2.24) is 5.32 Å². The molecule has 0 saturated heterocycles. The van der Waals surface area contributed by atoms with E-state index < -0.39 is 0 Å². The fourth-order valence-electron chi connectivity index (χ4n) is 1.83. The zero-order chi connectivity index (χ0) is 14.7. The van der Waals surface area contributed by atoms with Gasteiger partial charge in [0.1, 0.15) is 17.5 Å². The molecule has 5 nitrogen and oxygen atoms in total. The fourth-order valence-corrected chi connectivity index (χ4v) is 2.07. The summed E-state index contributed by atoms with van der Waals surface area (Å²) in [6.07, 6.45) is 2.13. The van der Waals surface area contributed by atoms with Crippen molar-refractivity contribution in [3.63, 3.8) is 0 Å². The van der Waals surface area contributed by atoms with Crippen LogP contribution < -0.4 is 20.1 Å². The maximum atomic E-state index is 11.9. The van der Waals surface area contributed by atoms with Crippen molar-refractivity contribution < 1.29 is 14.3 Å². The van der Waals surface area contributed by atoms with Gasteiger partial charge in [0.25, 0.3) is 0 Å². The van der Waals surface area contributed by atoms with E-state index in [-0.39, 0.29) is 11.9 Å². The average Bonchev–Trinajstić information content (AvgIpc) is 3.23. The lowest BCUT2D eigenvalue weighted by Crippen LogP contribution is -2.38. The summed E-state index contributed by atoms with van der Waals surface area (Å²) in [6.45, 7) is 1.80. The third-order valence-electron chi connectivity index (χ3n) is 3.16. The molecule has 110 valence electrons. The first-order chi connectivity index (χ1) is 9.55. The SMILES string of the molecule is COc1cc(OC)c(NC(C)C(=O)NC2CC2)cc1Cl. The molecule has 1 atom stereocenters. The molecule has 1 aromatic rings. The summed E-state index contributed by atoms with van der Waals surface area (Å²) in [5.74, 6) is 1.09. The summed E-state index contributed by atoms with van der Waals surface area (Å²) in [6, 6.07) is 3.36. The van der Waals surface area contributed by atoms with Crippen LogP contribution in [-0.4, -0.2) is 32.2 Å². The Morgan fingerprint density at radius 1 is 1.30 bits per heavy atom. The quantitative estimate of drug-likeness (QED) is 0.847. The van der Waals surface area contributed by atoms with E-state index in [0.29, 0.717) is 28.3 Å². The van der Waals surface area contributed by atoms with Crippen molar-refractivity contribution in [2.24, 2.45) is 0 Å². The standard InChI is InChI=1S/C14H19ClN2O3/c1-8(14(18)17-9-4-5-9)16-11-6-10(15)12(19-2)7-13(11)20-3/h6-9,16H,4-5H2,1-3H3,(H,17,18). The molecule has 1 saturated carbocycles. The highest BCUT2D eigenvalue weighted by Gasteiger charge is 2.26. The fraction of sp³-hybridized carbons (Fsp3) is 0.500. The third kappa shape index (κ3) is 3.48. The minimum atomic E-state index is -0.367. The number of methoxy groups -OCH3 is 2. The Morgan fingerprint density at radius 2 is 1.95 bits per heavy atom. The van der Waals surface area contributed by atoms with Crippen molar-refractivity contribution in [2.75, 3.05) is 19.5 Å². The van der Waals surface area contributed by atoms with Gasteiger partial charge in [-0.2, -0.15) is 0 Å². The molecular formula is C14H19ClN2O3. The molecule has 0 bridgehead atoms. The van der Waals surface area contributed by atoms with E-state index in [4.69, 9.17) is 21.1 Å². The van der Waals surface area contributed by atoms with Gasteiger partial charge >= 0.3 is 0 Å². The largest absolute Gasteiger partial charge is 0.495 e. The molecule has 0 heterocycles. The second-order valence-electron chi connectivity index (χ2n) is 4.84. The van der Waals surface area contributed by atoms with Crippen LogP contribution in [0, 0.1) is 0 Å². The zero-order valence-corrected chi connectivity index (χ0v) is 12.6. The van der Waals surface area contributed by atoms with Gasteiger partial charge in [0.15, 0.2) is 0 Å². The highest BCUT2D eigenvalue weighted by Crippen LogP contribution is 2.36. The minimum Gasteiger partial charge on any atom is -0.495 e. The van der Waals surface area contributed by atoms with E-state index in [1.807, 2.05) is 0 Å². The van der Waals surface area contributed by atoms with Crippen LogP contribution >= 0.6 is 11.6 Å². The number of carbonyl (C=O) groups is 1. The highest BCUT2D eigenvalue weighted by molar-refractivity contribution is 6.32. The molecule has 1 aliphatic rings. The van der Waals surface area contributed by atoms with Gasteiger partial charge in [-0.05, 0) is 25.8 Å². The predicted molar refractivity (Wildman–Crippen MR) is 78.8 cm³/mol. The van der Waals surface area contributed by atoms with Gasteiger partial charge in [0.05, 0.1) is 24.9 Å². The van der Waals surface area contributed by atoms with Crippen molar-refractivity contribution in [3.8, 4) is 11.5 Å². The second-order valence-corrected chi connectivity index (χ2v) is 5.24. The van der Waals surface area contributed by atoms with E-state index in [9.17, 15) is 4.79 Å². The second kappa shape index (κ2) is 6.22. The Bertz CT molecular complexity index is 503. The molecule has 0 aliphatic heterocycles. The highest BCUT2D eigenvalue weighted by atomic mass is 35.5. The molecule has 0 radical (unpaired) electrons. The van der Waals surface area contributed by atoms with Crippen LogP contribution in [0.3, 0.4) is 0 Å². The van der Waals surface area contributed by atoms with Crippen molar-refractivity contribution in [3.05, 3.63) is 17.2 Å². The number of benzene rings is 1. The van der Waals surface area contributed by atoms with Crippen LogP contribution in [0.1, 0.15) is 19.8 Å². The maximum absolute atomic E-state index is 11.9. The Hall–Kier alpha value is -1.62. The molecular weight excluding hydrogens is 280 g/mol. The van der Waals surface area contributed by atoms with Crippen LogP contribution in [0.15, 0.2) is 12.1 Å². The normalized spacial score (nSPS) is 15.4. The smallest absolute Gasteiger partial charge is 0.242 e. The van der Waals surface area contributed by atoms with Crippen LogP contribution in [0.4, 0.5) is 5.69 Å². The van der Waals surface area contributed by atoms with E-state index >= 15 is 0 Å². The Kier molecular flexibility index (Phi) is 4.60. The summed E-state index contributed by atoms with van der Waals surface area (Å²) >= 11 is 6.09. The number of amides is 1. The topological polar surface area (TPSA) is 59.6 Å². The zero-order valence-electron chi connectivity index (χ0n) is 11.8. The Labute approximate surface area is 123 Å². The van der Waals surface area contributed by atoms with Crippen molar-refractivity contribution in [1.29, 1.82) is 0 Å². The number of rotatable bonds is 6. The van der Waals surface area contributed by atoms with Gasteiger partial charge in [0.2, 0.25) is 5.91 Å². The number of carbonyl (C=O) groups excluding carboxylic acids is 1. The van der Waals surface area contributed by atoms with E-state index in [1.54, 1.807) is 33.3 Å². The van der Waals surface area contributed by atoms with Gasteiger partial charge in [-0.25, -0.2) is 0 Å². The molecule has 1 unspecified atom stereocenters. The molecule has 1 aromatic carbocycles. The molecule has 0 spiro atoms. The molecule has 2 N–H and O–H groups in total. The van der Waals surface area contributed by atoms with E-state index in [0.717, 1.165) is 12.8 Å². The lowest BCUT2D eigenvalue weighted by molar-refractivity contribution is -0.121. The molecule has 2 rings (SSSR count). The summed E-state index contributed by atoms with van der Waals surface area (Å²) in [5, 5.41) is 6.52. The summed E-state index contributed by atoms with van der Waals surface area (Å²) < 4.78 is 10.4.